The van der Waals surface area contributed by atoms with Crippen LogP contribution in [0.1, 0.15) is 22.3 Å². The summed E-state index contributed by atoms with van der Waals surface area (Å²) < 4.78 is 158. The number of aliphatic hydroxyl groups is 1. The summed E-state index contributed by atoms with van der Waals surface area (Å²) in [6.07, 6.45) is -15.4. The fourth-order valence-corrected chi connectivity index (χ4v) is 4.85. The lowest BCUT2D eigenvalue weighted by Gasteiger charge is -2.32. The Morgan fingerprint density at radius 2 is 0.959 bits per heavy atom. The summed E-state index contributed by atoms with van der Waals surface area (Å²) in [6, 6.07) is -0.117. The van der Waals surface area contributed by atoms with Crippen molar-refractivity contribution >= 4 is 32.9 Å². The van der Waals surface area contributed by atoms with Crippen molar-refractivity contribution in [3.8, 4) is 0 Å². The summed E-state index contributed by atoms with van der Waals surface area (Å²) >= 11 is 0. The highest BCUT2D eigenvalue weighted by Gasteiger charge is 2.75. The third kappa shape index (κ3) is 8.96. The average Bonchev–Trinajstić information content (AvgIpc) is 2.94. The van der Waals surface area contributed by atoms with E-state index in [0.29, 0.717) is 36.4 Å². The van der Waals surface area contributed by atoms with Crippen LogP contribution in [0.25, 0.3) is 0 Å². The van der Waals surface area contributed by atoms with Crippen LogP contribution in [-0.4, -0.2) is 72.4 Å². The molecule has 0 aliphatic carbocycles. The van der Waals surface area contributed by atoms with Gasteiger partial charge in [-0.05, 0) is 11.1 Å². The summed E-state index contributed by atoms with van der Waals surface area (Å²) in [6.45, 7) is 0. The number of hydrogen-bond acceptors (Lipinski definition) is 6. The molecule has 49 heavy (non-hydrogen) atoms. The number of nitrogens with two attached hydrogens (primary N) is 1. The molecule has 2 aromatic rings. The van der Waals surface area contributed by atoms with Crippen molar-refractivity contribution in [3.63, 3.8) is 0 Å². The van der Waals surface area contributed by atoms with Crippen molar-refractivity contribution in [2.45, 2.75) is 54.2 Å². The van der Waals surface area contributed by atoms with Gasteiger partial charge in [0, 0.05) is 24.0 Å². The molecule has 2 rings (SSSR count). The Hall–Kier alpha value is -3.59. The molecule has 13 nitrogen and oxygen atoms in total. The van der Waals surface area contributed by atoms with E-state index in [-0.39, 0.29) is 5.56 Å². The Morgan fingerprint density at radius 1 is 0.633 bits per heavy atom. The second kappa shape index (κ2) is 14.0. The summed E-state index contributed by atoms with van der Waals surface area (Å²) in [4.78, 5) is 72.8. The van der Waals surface area contributed by atoms with Crippen LogP contribution in [0.15, 0.2) is 48.5 Å². The van der Waals surface area contributed by atoms with E-state index in [1.807, 2.05) is 0 Å². The molecule has 0 heterocycles. The predicted molar refractivity (Wildman–Crippen MR) is 142 cm³/mol. The zero-order valence-electron chi connectivity index (χ0n) is 23.7. The van der Waals surface area contributed by atoms with Gasteiger partial charge in [0.05, 0.1) is 0 Å². The number of carbonyl (C=O) groups excluding carboxylic acids is 3. The zero-order valence-corrected chi connectivity index (χ0v) is 25.5. The summed E-state index contributed by atoms with van der Waals surface area (Å²) in [5.41, 5.74) is -13.5. The lowest BCUT2D eigenvalue weighted by Crippen LogP contribution is -2.68. The van der Waals surface area contributed by atoms with Crippen molar-refractivity contribution in [1.29, 1.82) is 0 Å². The third-order valence-electron chi connectivity index (χ3n) is 6.64. The van der Waals surface area contributed by atoms with Crippen molar-refractivity contribution < 1.29 is 92.1 Å². The van der Waals surface area contributed by atoms with E-state index in [4.69, 9.17) is 25.3 Å². The summed E-state index contributed by atoms with van der Waals surface area (Å²) in [7, 11) is -12.1. The first-order valence-electron chi connectivity index (χ1n) is 12.7. The van der Waals surface area contributed by atoms with E-state index in [1.165, 1.54) is 0 Å². The van der Waals surface area contributed by atoms with Gasteiger partial charge in [0.15, 0.2) is 0 Å². The Bertz CT molecular complexity index is 1630. The highest BCUT2D eigenvalue weighted by atomic mass is 31.2. The molecule has 0 spiro atoms. The fourth-order valence-electron chi connectivity index (χ4n) is 3.88. The maximum Gasteiger partial charge on any atom is 0.435 e. The molecule has 2 atom stereocenters. The van der Waals surface area contributed by atoms with Crippen LogP contribution in [0.5, 0.6) is 0 Å². The highest BCUT2D eigenvalue weighted by molar-refractivity contribution is 7.52. The molecule has 0 saturated carbocycles. The van der Waals surface area contributed by atoms with Gasteiger partial charge < -0.3 is 41.0 Å². The monoisotopic (exact) mass is 765 g/mol. The number of amides is 3. The molecule has 3 amide bonds. The molecule has 2 unspecified atom stereocenters. The molecule has 0 saturated heterocycles. The van der Waals surface area contributed by atoms with E-state index >= 15 is 0 Å². The second-order valence-electron chi connectivity index (χ2n) is 10.2. The minimum Gasteiger partial charge on any atom is -0.368 e. The third-order valence-corrected chi connectivity index (χ3v) is 8.62. The molecule has 25 heteroatoms. The standard InChI is InChI=1S/C24H23F10N3O10P2/c25-21(26,48(42,43)44)13-5-1-11(2-6-13)9-15(17(35)38)36-18(39)16(37-19(40)20(41,23(29,30)31)24(32,33)34)10-12-3-7-14(8-4-12)22(27,28)49(45,46)47/h1-8,15-16,41H,9-10H2,(H2,35,38)(H,36,39)(H,37,40)(H2,42,43,44)(H2,45,46,47). The minimum absolute atomic E-state index is 0.167. The zero-order chi connectivity index (χ0) is 38.2. The largest absolute Gasteiger partial charge is 0.435 e. The van der Waals surface area contributed by atoms with E-state index < -0.39 is 104 Å². The van der Waals surface area contributed by atoms with E-state index in [1.54, 1.807) is 5.32 Å². The second-order valence-corrected chi connectivity index (χ2v) is 13.5. The van der Waals surface area contributed by atoms with Crippen LogP contribution in [0.4, 0.5) is 43.9 Å². The van der Waals surface area contributed by atoms with Gasteiger partial charge in [0.1, 0.15) is 12.1 Å². The number of carbonyl (C=O) groups is 3. The summed E-state index contributed by atoms with van der Waals surface area (Å²) in [5, 5.41) is 12.2. The molecule has 0 aliphatic heterocycles. The quantitative estimate of drug-likeness (QED) is 0.109. The normalized spacial score (nSPS) is 14.9. The van der Waals surface area contributed by atoms with Crippen LogP contribution in [0, 0.1) is 0 Å². The number of alkyl halides is 10. The van der Waals surface area contributed by atoms with Gasteiger partial charge in [-0.3, -0.25) is 23.5 Å². The van der Waals surface area contributed by atoms with Gasteiger partial charge in [-0.15, -0.1) is 0 Å². The SMILES string of the molecule is NC(=O)C(Cc1ccc(C(F)(F)P(=O)(O)O)cc1)NC(=O)C(Cc1ccc(C(F)(F)P(=O)(O)O)cc1)NC(=O)C(O)(C(F)(F)F)C(F)(F)F. The fraction of sp³-hybridized carbons (Fsp3) is 0.375. The van der Waals surface area contributed by atoms with Gasteiger partial charge in [-0.2, -0.15) is 43.9 Å². The molecule has 0 bridgehead atoms. The molecule has 9 N–H and O–H groups in total. The minimum atomic E-state index is -6.73. The van der Waals surface area contributed by atoms with Crippen molar-refractivity contribution in [2.75, 3.05) is 0 Å². The van der Waals surface area contributed by atoms with E-state index in [9.17, 15) is 72.5 Å². The predicted octanol–water partition coefficient (Wildman–Crippen LogP) is 2.24. The maximum atomic E-state index is 14.0. The van der Waals surface area contributed by atoms with Crippen molar-refractivity contribution in [1.82, 2.24) is 10.6 Å². The van der Waals surface area contributed by atoms with Gasteiger partial charge >= 0.3 is 44.5 Å². The highest BCUT2D eigenvalue weighted by Crippen LogP contribution is 2.60. The summed E-state index contributed by atoms with van der Waals surface area (Å²) in [5.74, 6) is -6.50. The van der Waals surface area contributed by atoms with Crippen LogP contribution in [0.2, 0.25) is 0 Å². The molecule has 0 radical (unpaired) electrons. The molecular formula is C24H23F10N3O10P2. The smallest absolute Gasteiger partial charge is 0.368 e. The number of benzene rings is 2. The van der Waals surface area contributed by atoms with Crippen LogP contribution >= 0.6 is 15.2 Å². The van der Waals surface area contributed by atoms with Crippen molar-refractivity contribution in [2.24, 2.45) is 5.73 Å². The molecule has 274 valence electrons. The number of nitrogens with one attached hydrogen (secondary N) is 2. The average molecular weight is 765 g/mol. The van der Waals surface area contributed by atoms with E-state index in [2.05, 4.69) is 0 Å². The number of primary amides is 1. The maximum absolute atomic E-state index is 14.0. The first-order valence-corrected chi connectivity index (χ1v) is 15.9. The Labute approximate surface area is 266 Å². The van der Waals surface area contributed by atoms with Gasteiger partial charge in [0.2, 0.25) is 11.8 Å². The molecule has 0 fully saturated rings. The Balaban J connectivity index is 2.49. The first kappa shape index (κ1) is 41.6. The lowest BCUT2D eigenvalue weighted by atomic mass is 9.98. The van der Waals surface area contributed by atoms with Crippen LogP contribution in [-0.2, 0) is 47.7 Å². The van der Waals surface area contributed by atoms with Gasteiger partial charge in [-0.1, -0.05) is 48.5 Å². The van der Waals surface area contributed by atoms with Crippen molar-refractivity contribution in [3.05, 3.63) is 70.8 Å². The van der Waals surface area contributed by atoms with E-state index in [0.717, 1.165) is 17.4 Å². The van der Waals surface area contributed by atoms with Crippen LogP contribution in [0.3, 0.4) is 0 Å². The molecule has 0 aromatic heterocycles. The molecule has 2 aromatic carbocycles. The number of rotatable bonds is 13. The first-order chi connectivity index (χ1) is 21.9. The Kier molecular flexibility index (Phi) is 11.9. The van der Waals surface area contributed by atoms with Gasteiger partial charge in [-0.25, -0.2) is 0 Å². The topological polar surface area (TPSA) is 237 Å². The lowest BCUT2D eigenvalue weighted by molar-refractivity contribution is -0.350. The molecular weight excluding hydrogens is 742 g/mol. The van der Waals surface area contributed by atoms with Gasteiger partial charge in [0.25, 0.3) is 5.91 Å². The number of hydrogen-bond donors (Lipinski definition) is 8. The molecule has 0 aliphatic rings. The number of halogens is 10. The Morgan fingerprint density at radius 3 is 1.24 bits per heavy atom. The van der Waals surface area contributed by atoms with Crippen LogP contribution < -0.4 is 16.4 Å².